The minimum Gasteiger partial charge on any atom is -0.444 e. The summed E-state index contributed by atoms with van der Waals surface area (Å²) in [6.45, 7) is 5.77. The summed E-state index contributed by atoms with van der Waals surface area (Å²) >= 11 is 11.4. The van der Waals surface area contributed by atoms with Gasteiger partial charge in [-0.15, -0.1) is 18.8 Å². The molecular formula is C18H20Cl2O2. The van der Waals surface area contributed by atoms with Crippen molar-refractivity contribution in [1.29, 1.82) is 0 Å². The molecule has 0 heterocycles. The number of terminal acetylenes is 2. The molecule has 0 radical (unpaired) electrons. The van der Waals surface area contributed by atoms with Crippen molar-refractivity contribution in [3.63, 3.8) is 0 Å². The number of ether oxygens (including phenoxy) is 1. The van der Waals surface area contributed by atoms with E-state index in [9.17, 15) is 4.79 Å². The second kappa shape index (κ2) is 7.77. The summed E-state index contributed by atoms with van der Waals surface area (Å²) in [6.07, 6.45) is 14.9. The predicted octanol–water partition coefficient (Wildman–Crippen LogP) is 4.48. The Kier molecular flexibility index (Phi) is 6.61. The van der Waals surface area contributed by atoms with Crippen molar-refractivity contribution < 1.29 is 9.53 Å². The fourth-order valence-electron chi connectivity index (χ4n) is 2.51. The number of rotatable bonds is 6. The Bertz CT molecular complexity index is 569. The van der Waals surface area contributed by atoms with Gasteiger partial charge in [0.1, 0.15) is 4.49 Å². The van der Waals surface area contributed by atoms with E-state index in [2.05, 4.69) is 11.8 Å². The van der Waals surface area contributed by atoms with Gasteiger partial charge in [-0.05, 0) is 36.3 Å². The summed E-state index contributed by atoms with van der Waals surface area (Å²) in [6, 6.07) is 0. The van der Waals surface area contributed by atoms with Gasteiger partial charge in [0.2, 0.25) is 0 Å². The summed E-state index contributed by atoms with van der Waals surface area (Å²) in [4.78, 5) is 12.3. The van der Waals surface area contributed by atoms with E-state index in [-0.39, 0.29) is 27.7 Å². The van der Waals surface area contributed by atoms with Gasteiger partial charge in [-0.25, -0.2) is 0 Å². The molecule has 1 aliphatic rings. The average Bonchev–Trinajstić information content (AvgIpc) is 2.96. The minimum atomic E-state index is -0.669. The maximum atomic E-state index is 12.3. The van der Waals surface area contributed by atoms with Crippen LogP contribution in [0.4, 0.5) is 0 Å². The van der Waals surface area contributed by atoms with Crippen LogP contribution in [-0.4, -0.2) is 12.1 Å². The normalized spacial score (nSPS) is 23.7. The number of carbonyl (C=O) groups is 1. The Morgan fingerprint density at radius 2 is 2.05 bits per heavy atom. The van der Waals surface area contributed by atoms with Gasteiger partial charge in [0.05, 0.1) is 5.92 Å². The molecule has 0 spiro atoms. The Morgan fingerprint density at radius 1 is 1.41 bits per heavy atom. The van der Waals surface area contributed by atoms with E-state index in [0.29, 0.717) is 12.8 Å². The zero-order valence-electron chi connectivity index (χ0n) is 13.0. The van der Waals surface area contributed by atoms with Gasteiger partial charge in [0.25, 0.3) is 0 Å². The number of hydrogen-bond acceptors (Lipinski definition) is 2. The number of unbranched alkanes of at least 4 members (excludes halogenated alkanes) is 1. The van der Waals surface area contributed by atoms with Crippen LogP contribution in [0.25, 0.3) is 0 Å². The van der Waals surface area contributed by atoms with Gasteiger partial charge in [-0.2, -0.15) is 0 Å². The van der Waals surface area contributed by atoms with E-state index < -0.39 is 6.10 Å². The Labute approximate surface area is 142 Å². The topological polar surface area (TPSA) is 26.3 Å². The molecule has 0 aromatic heterocycles. The molecule has 4 heteroatoms. The Morgan fingerprint density at radius 3 is 2.55 bits per heavy atom. The molecule has 0 N–H and O–H groups in total. The minimum absolute atomic E-state index is 0.0332. The van der Waals surface area contributed by atoms with Crippen molar-refractivity contribution in [2.24, 2.45) is 17.3 Å². The van der Waals surface area contributed by atoms with E-state index in [1.165, 1.54) is 0 Å². The maximum absolute atomic E-state index is 12.3. The molecule has 1 saturated carbocycles. The highest BCUT2D eigenvalue weighted by molar-refractivity contribution is 6.55. The molecule has 1 fully saturated rings. The molecule has 3 unspecified atom stereocenters. The summed E-state index contributed by atoms with van der Waals surface area (Å²) < 4.78 is 5.61. The van der Waals surface area contributed by atoms with Crippen LogP contribution in [0.1, 0.15) is 33.6 Å². The zero-order chi connectivity index (χ0) is 16.9. The van der Waals surface area contributed by atoms with Crippen LogP contribution < -0.4 is 0 Å². The van der Waals surface area contributed by atoms with Crippen molar-refractivity contribution in [3.8, 4) is 24.7 Å². The van der Waals surface area contributed by atoms with Gasteiger partial charge in [0, 0.05) is 6.42 Å². The highest BCUT2D eigenvalue weighted by Crippen LogP contribution is 2.60. The SMILES string of the molecule is C#CCCC=C(C)C(C#C)OC(=O)C1C(C=C(Cl)Cl)C1(C)C. The van der Waals surface area contributed by atoms with Crippen molar-refractivity contribution in [2.45, 2.75) is 39.7 Å². The molecule has 3 atom stereocenters. The van der Waals surface area contributed by atoms with Crippen LogP contribution in [0.5, 0.6) is 0 Å². The predicted molar refractivity (Wildman–Crippen MR) is 91.1 cm³/mol. The third-order valence-electron chi connectivity index (χ3n) is 4.02. The monoisotopic (exact) mass is 338 g/mol. The van der Waals surface area contributed by atoms with Crippen molar-refractivity contribution in [3.05, 3.63) is 22.2 Å². The molecule has 2 nitrogen and oxygen atoms in total. The molecule has 22 heavy (non-hydrogen) atoms. The first-order valence-electron chi connectivity index (χ1n) is 7.05. The molecule has 118 valence electrons. The summed E-state index contributed by atoms with van der Waals surface area (Å²) in [5, 5.41) is 0. The quantitative estimate of drug-likeness (QED) is 0.309. The van der Waals surface area contributed by atoms with Crippen LogP contribution in [0.15, 0.2) is 22.2 Å². The number of carbonyl (C=O) groups excluding carboxylic acids is 1. The Balaban J connectivity index is 2.72. The van der Waals surface area contributed by atoms with E-state index in [1.54, 1.807) is 6.08 Å². The van der Waals surface area contributed by atoms with Crippen LogP contribution >= 0.6 is 23.2 Å². The van der Waals surface area contributed by atoms with Gasteiger partial charge in [-0.3, -0.25) is 4.79 Å². The molecule has 0 aromatic carbocycles. The first-order chi connectivity index (χ1) is 10.3. The fraction of sp³-hybridized carbons (Fsp3) is 0.500. The van der Waals surface area contributed by atoms with E-state index >= 15 is 0 Å². The van der Waals surface area contributed by atoms with E-state index in [4.69, 9.17) is 40.8 Å². The lowest BCUT2D eigenvalue weighted by Gasteiger charge is -2.14. The summed E-state index contributed by atoms with van der Waals surface area (Å²) in [7, 11) is 0. The molecule has 0 bridgehead atoms. The fourth-order valence-corrected chi connectivity index (χ4v) is 2.78. The standard InChI is InChI=1S/C18H20Cl2O2/c1-6-8-9-10-12(3)14(7-2)22-17(21)16-13(11-15(19)20)18(16,4)5/h1-2,10-11,13-14,16H,8-9H2,3-5H3. The van der Waals surface area contributed by atoms with Crippen molar-refractivity contribution in [2.75, 3.05) is 0 Å². The van der Waals surface area contributed by atoms with Gasteiger partial charge < -0.3 is 4.74 Å². The number of allylic oxidation sites excluding steroid dienone is 2. The van der Waals surface area contributed by atoms with Crippen molar-refractivity contribution >= 4 is 29.2 Å². The second-order valence-corrected chi connectivity index (χ2v) is 6.96. The smallest absolute Gasteiger partial charge is 0.311 e. The molecule has 1 rings (SSSR count). The third-order valence-corrected chi connectivity index (χ3v) is 4.28. The molecular weight excluding hydrogens is 319 g/mol. The molecule has 0 saturated heterocycles. The van der Waals surface area contributed by atoms with Gasteiger partial charge in [0.15, 0.2) is 6.10 Å². The van der Waals surface area contributed by atoms with Gasteiger partial charge >= 0.3 is 5.97 Å². The van der Waals surface area contributed by atoms with Crippen LogP contribution in [0.2, 0.25) is 0 Å². The van der Waals surface area contributed by atoms with Crippen LogP contribution in [-0.2, 0) is 9.53 Å². The van der Waals surface area contributed by atoms with E-state index in [1.807, 2.05) is 26.8 Å². The lowest BCUT2D eigenvalue weighted by Crippen LogP contribution is -2.20. The van der Waals surface area contributed by atoms with E-state index in [0.717, 1.165) is 5.57 Å². The highest BCUT2D eigenvalue weighted by Gasteiger charge is 2.61. The Hall–Kier alpha value is -1.35. The second-order valence-electron chi connectivity index (χ2n) is 5.96. The van der Waals surface area contributed by atoms with Crippen LogP contribution in [0, 0.1) is 41.9 Å². The first kappa shape index (κ1) is 18.7. The molecule has 0 aromatic rings. The molecule has 1 aliphatic carbocycles. The largest absolute Gasteiger partial charge is 0.444 e. The molecule has 0 aliphatic heterocycles. The van der Waals surface area contributed by atoms with Crippen LogP contribution in [0.3, 0.4) is 0 Å². The van der Waals surface area contributed by atoms with Gasteiger partial charge in [-0.1, -0.05) is 49.0 Å². The molecule has 0 amide bonds. The third kappa shape index (κ3) is 4.57. The number of esters is 1. The number of halogens is 2. The zero-order valence-corrected chi connectivity index (χ0v) is 14.5. The highest BCUT2D eigenvalue weighted by atomic mass is 35.5. The lowest BCUT2D eigenvalue weighted by molar-refractivity contribution is -0.147. The maximum Gasteiger partial charge on any atom is 0.311 e. The first-order valence-corrected chi connectivity index (χ1v) is 7.80. The number of hydrogen-bond donors (Lipinski definition) is 0. The average molecular weight is 339 g/mol. The van der Waals surface area contributed by atoms with Crippen molar-refractivity contribution in [1.82, 2.24) is 0 Å². The summed E-state index contributed by atoms with van der Waals surface area (Å²) in [5.74, 6) is 4.40. The summed E-state index contributed by atoms with van der Waals surface area (Å²) in [5.41, 5.74) is 0.582. The lowest BCUT2D eigenvalue weighted by atomic mass is 10.1.